The van der Waals surface area contributed by atoms with E-state index in [0.717, 1.165) is 5.56 Å². The number of rotatable bonds is 7. The maximum atomic E-state index is 12.3. The van der Waals surface area contributed by atoms with Crippen molar-refractivity contribution in [3.63, 3.8) is 0 Å². The maximum Gasteiger partial charge on any atom is 0.266 e. The van der Waals surface area contributed by atoms with Gasteiger partial charge in [-0.1, -0.05) is 41.9 Å². The first-order valence-electron chi connectivity index (χ1n) is 11.1. The summed E-state index contributed by atoms with van der Waals surface area (Å²) in [6, 6.07) is 11.5. The van der Waals surface area contributed by atoms with Gasteiger partial charge < -0.3 is 20.3 Å². The molecule has 0 bridgehead atoms. The molecule has 1 aliphatic rings. The molecule has 4 aromatic rings. The third kappa shape index (κ3) is 4.59. The number of hydrogen-bond donors (Lipinski definition) is 5. The SMILES string of the molecule is CNNC(=O)[C@H]1O[C@@H](n2cnc3c(NCc4ccccc4)nc(-c4cncc(Cl)c4)nc32)[C@H](O)[C@@H]1O. The highest BCUT2D eigenvalue weighted by Crippen LogP contribution is 2.33. The van der Waals surface area contributed by atoms with Crippen LogP contribution in [-0.2, 0) is 16.1 Å². The first-order chi connectivity index (χ1) is 17.5. The molecule has 3 aromatic heterocycles. The Hall–Kier alpha value is -3.68. The number of amides is 1. The van der Waals surface area contributed by atoms with Crippen LogP contribution in [0.2, 0.25) is 5.02 Å². The number of nitrogens with one attached hydrogen (secondary N) is 3. The molecule has 36 heavy (non-hydrogen) atoms. The van der Waals surface area contributed by atoms with Crippen molar-refractivity contribution in [1.82, 2.24) is 35.4 Å². The predicted molar refractivity (Wildman–Crippen MR) is 130 cm³/mol. The Kier molecular flexibility index (Phi) is 6.76. The number of benzene rings is 1. The quantitative estimate of drug-likeness (QED) is 0.227. The molecule has 4 atom stereocenters. The lowest BCUT2D eigenvalue weighted by atomic mass is 10.1. The standard InChI is InChI=1S/C23H23ClN8O4/c1-25-31-22(35)18-16(33)17(34)23(36-18)32-11-28-15-20(27-8-12-5-3-2-4-6-12)29-19(30-21(15)32)13-7-14(24)10-26-9-13/h2-7,9-11,16-18,23,25,33-34H,8H2,1H3,(H,31,35)(H,27,29,30)/t16-,17+,18-,23+/m0/s1. The van der Waals surface area contributed by atoms with Gasteiger partial charge in [0.15, 0.2) is 35.1 Å². The number of halogens is 1. The summed E-state index contributed by atoms with van der Waals surface area (Å²) in [5, 5.41) is 24.9. The van der Waals surface area contributed by atoms with E-state index in [1.54, 1.807) is 12.3 Å². The van der Waals surface area contributed by atoms with E-state index in [0.29, 0.717) is 39.9 Å². The molecule has 1 amide bonds. The first-order valence-corrected chi connectivity index (χ1v) is 11.5. The molecule has 0 radical (unpaired) electrons. The van der Waals surface area contributed by atoms with Crippen molar-refractivity contribution in [2.24, 2.45) is 0 Å². The molecule has 1 aromatic carbocycles. The lowest BCUT2D eigenvalue weighted by Crippen LogP contribution is -2.46. The highest BCUT2D eigenvalue weighted by atomic mass is 35.5. The lowest BCUT2D eigenvalue weighted by molar-refractivity contribution is -0.138. The Labute approximate surface area is 210 Å². The number of hydrogen-bond acceptors (Lipinski definition) is 10. The number of carbonyl (C=O) groups excluding carboxylic acids is 1. The number of nitrogens with zero attached hydrogens (tertiary/aromatic N) is 5. The molecule has 0 spiro atoms. The number of carbonyl (C=O) groups is 1. The van der Waals surface area contributed by atoms with Gasteiger partial charge >= 0.3 is 0 Å². The van der Waals surface area contributed by atoms with E-state index in [9.17, 15) is 15.0 Å². The Morgan fingerprint density at radius 1 is 1.17 bits per heavy atom. The Bertz CT molecular complexity index is 1390. The van der Waals surface area contributed by atoms with Gasteiger partial charge in [0.25, 0.3) is 5.91 Å². The van der Waals surface area contributed by atoms with Crippen LogP contribution in [0, 0.1) is 0 Å². The summed E-state index contributed by atoms with van der Waals surface area (Å²) in [5.74, 6) is 0.129. The van der Waals surface area contributed by atoms with Crippen LogP contribution in [0.25, 0.3) is 22.6 Å². The largest absolute Gasteiger partial charge is 0.387 e. The van der Waals surface area contributed by atoms with Crippen molar-refractivity contribution in [2.75, 3.05) is 12.4 Å². The lowest BCUT2D eigenvalue weighted by Gasteiger charge is -2.17. The van der Waals surface area contributed by atoms with E-state index in [1.165, 1.54) is 24.1 Å². The summed E-state index contributed by atoms with van der Waals surface area (Å²) < 4.78 is 7.21. The van der Waals surface area contributed by atoms with Crippen LogP contribution in [0.4, 0.5) is 5.82 Å². The van der Waals surface area contributed by atoms with Gasteiger partial charge in [-0.15, -0.1) is 0 Å². The average molecular weight is 511 g/mol. The zero-order valence-electron chi connectivity index (χ0n) is 19.0. The van der Waals surface area contributed by atoms with E-state index in [2.05, 4.69) is 36.1 Å². The van der Waals surface area contributed by atoms with Gasteiger partial charge in [-0.05, 0) is 11.6 Å². The van der Waals surface area contributed by atoms with Gasteiger partial charge in [-0.3, -0.25) is 19.8 Å². The van der Waals surface area contributed by atoms with E-state index >= 15 is 0 Å². The molecule has 0 saturated carbocycles. The average Bonchev–Trinajstić information content (AvgIpc) is 3.44. The van der Waals surface area contributed by atoms with Crippen molar-refractivity contribution < 1.29 is 19.7 Å². The monoisotopic (exact) mass is 510 g/mol. The number of aliphatic hydroxyl groups excluding tert-OH is 2. The summed E-state index contributed by atoms with van der Waals surface area (Å²) in [5.41, 5.74) is 7.18. The minimum absolute atomic E-state index is 0.312. The van der Waals surface area contributed by atoms with Crippen LogP contribution in [0.15, 0.2) is 55.1 Å². The fourth-order valence-corrected chi connectivity index (χ4v) is 4.15. The van der Waals surface area contributed by atoms with Crippen LogP contribution in [0.3, 0.4) is 0 Å². The van der Waals surface area contributed by atoms with Gasteiger partial charge in [0.1, 0.15) is 12.2 Å². The number of aromatic nitrogens is 5. The normalized spacial score (nSPS) is 21.6. The molecule has 5 N–H and O–H groups in total. The summed E-state index contributed by atoms with van der Waals surface area (Å²) in [7, 11) is 1.50. The number of pyridine rings is 1. The molecule has 1 fully saturated rings. The van der Waals surface area contributed by atoms with Crippen LogP contribution in [-0.4, -0.2) is 66.0 Å². The van der Waals surface area contributed by atoms with Crippen molar-refractivity contribution in [2.45, 2.75) is 31.1 Å². The van der Waals surface area contributed by atoms with Crippen LogP contribution in [0.5, 0.6) is 0 Å². The zero-order valence-corrected chi connectivity index (χ0v) is 19.8. The molecule has 4 heterocycles. The fourth-order valence-electron chi connectivity index (χ4n) is 3.97. The van der Waals surface area contributed by atoms with Gasteiger partial charge in [0.05, 0.1) is 11.3 Å². The minimum Gasteiger partial charge on any atom is -0.387 e. The molecule has 0 unspecified atom stereocenters. The Balaban J connectivity index is 1.56. The second-order valence-electron chi connectivity index (χ2n) is 8.12. The van der Waals surface area contributed by atoms with Crippen molar-refractivity contribution >= 4 is 34.5 Å². The van der Waals surface area contributed by atoms with E-state index in [1.807, 2.05) is 30.3 Å². The third-order valence-corrected chi connectivity index (χ3v) is 5.91. The van der Waals surface area contributed by atoms with Gasteiger partial charge in [-0.25, -0.2) is 20.4 Å². The maximum absolute atomic E-state index is 12.3. The number of ether oxygens (including phenoxy) is 1. The number of imidazole rings is 1. The summed E-state index contributed by atoms with van der Waals surface area (Å²) in [6.07, 6.45) is -0.799. The smallest absolute Gasteiger partial charge is 0.266 e. The van der Waals surface area contributed by atoms with Crippen LogP contribution < -0.4 is 16.2 Å². The van der Waals surface area contributed by atoms with Crippen LogP contribution >= 0.6 is 11.6 Å². The van der Waals surface area contributed by atoms with Crippen molar-refractivity contribution in [3.8, 4) is 11.4 Å². The topological polar surface area (TPSA) is 159 Å². The van der Waals surface area contributed by atoms with Crippen molar-refractivity contribution in [1.29, 1.82) is 0 Å². The second kappa shape index (κ2) is 10.1. The van der Waals surface area contributed by atoms with Gasteiger partial charge in [-0.2, -0.15) is 0 Å². The molecule has 1 aliphatic heterocycles. The number of hydrazine groups is 1. The summed E-state index contributed by atoms with van der Waals surface area (Å²) >= 11 is 6.14. The Morgan fingerprint density at radius 2 is 1.97 bits per heavy atom. The van der Waals surface area contributed by atoms with Crippen molar-refractivity contribution in [3.05, 3.63) is 65.7 Å². The minimum atomic E-state index is -1.46. The first kappa shape index (κ1) is 24.0. The molecule has 12 nitrogen and oxygen atoms in total. The van der Waals surface area contributed by atoms with Crippen LogP contribution in [0.1, 0.15) is 11.8 Å². The fraction of sp³-hybridized carbons (Fsp3) is 0.261. The molecule has 13 heteroatoms. The second-order valence-corrected chi connectivity index (χ2v) is 8.55. The number of anilines is 1. The third-order valence-electron chi connectivity index (χ3n) is 5.71. The zero-order chi connectivity index (χ0) is 25.2. The molecular formula is C23H23ClN8O4. The van der Waals surface area contributed by atoms with E-state index < -0.39 is 30.4 Å². The Morgan fingerprint density at radius 3 is 2.72 bits per heavy atom. The van der Waals surface area contributed by atoms with E-state index in [4.69, 9.17) is 16.3 Å². The number of aliphatic hydroxyl groups is 2. The molecule has 1 saturated heterocycles. The number of fused-ring (bicyclic) bond motifs is 1. The van der Waals surface area contributed by atoms with E-state index in [-0.39, 0.29) is 0 Å². The summed E-state index contributed by atoms with van der Waals surface area (Å²) in [4.78, 5) is 30.1. The predicted octanol–water partition coefficient (Wildman–Crippen LogP) is 1.02. The molecule has 0 aliphatic carbocycles. The summed E-state index contributed by atoms with van der Waals surface area (Å²) in [6.45, 7) is 0.473. The molecule has 5 rings (SSSR count). The highest BCUT2D eigenvalue weighted by Gasteiger charge is 2.47. The van der Waals surface area contributed by atoms with Gasteiger partial charge in [0.2, 0.25) is 0 Å². The molecular weight excluding hydrogens is 488 g/mol. The molecule has 186 valence electrons. The van der Waals surface area contributed by atoms with Gasteiger partial charge in [0, 0.05) is 31.5 Å². The highest BCUT2D eigenvalue weighted by molar-refractivity contribution is 6.30.